The Morgan fingerprint density at radius 3 is 2.70 bits per heavy atom. The maximum absolute atomic E-state index is 5.37. The van der Waals surface area contributed by atoms with Crippen LogP contribution in [0.15, 0.2) is 12.2 Å². The molecule has 10 heavy (non-hydrogen) atoms. The molecule has 0 aliphatic carbocycles. The molecule has 0 saturated carbocycles. The predicted molar refractivity (Wildman–Crippen MR) is 44.7 cm³/mol. The van der Waals surface area contributed by atoms with Gasteiger partial charge in [-0.05, 0) is 6.92 Å². The summed E-state index contributed by atoms with van der Waals surface area (Å²) in [5.41, 5.74) is 0. The summed E-state index contributed by atoms with van der Waals surface area (Å²) in [5.74, 6) is 0. The molecule has 0 bridgehead atoms. The van der Waals surface area contributed by atoms with Gasteiger partial charge in [-0.2, -0.15) is 0 Å². The van der Waals surface area contributed by atoms with Crippen LogP contribution in [0.2, 0.25) is 0 Å². The van der Waals surface area contributed by atoms with Crippen molar-refractivity contribution in [3.8, 4) is 0 Å². The summed E-state index contributed by atoms with van der Waals surface area (Å²) in [5, 5.41) is 3.14. The van der Waals surface area contributed by atoms with Crippen molar-refractivity contribution >= 4 is 12.4 Å². The average Bonchev–Trinajstić information content (AvgIpc) is 1.76. The number of hydrogen-bond donors (Lipinski definition) is 1. The highest BCUT2D eigenvalue weighted by molar-refractivity contribution is 5.85. The molecule has 1 heterocycles. The standard InChI is InChI=1S/C7H13NO.ClH/c1-2-3-4-9-7-5-8-6-7;/h2-3,7-8H,4-6H2,1H3;1H/b3-2+;. The highest BCUT2D eigenvalue weighted by atomic mass is 35.5. The van der Waals surface area contributed by atoms with Crippen molar-refractivity contribution < 1.29 is 4.74 Å². The van der Waals surface area contributed by atoms with Gasteiger partial charge in [-0.1, -0.05) is 12.2 Å². The summed E-state index contributed by atoms with van der Waals surface area (Å²) in [6.07, 6.45) is 4.51. The van der Waals surface area contributed by atoms with E-state index in [2.05, 4.69) is 5.32 Å². The fourth-order valence-corrected chi connectivity index (χ4v) is 0.668. The van der Waals surface area contributed by atoms with E-state index in [0.29, 0.717) is 6.10 Å². The highest BCUT2D eigenvalue weighted by Gasteiger charge is 2.15. The molecular formula is C7H14ClNO. The first-order valence-corrected chi connectivity index (χ1v) is 3.37. The lowest BCUT2D eigenvalue weighted by Crippen LogP contribution is -2.48. The van der Waals surface area contributed by atoms with Crippen LogP contribution in [0.5, 0.6) is 0 Å². The molecule has 0 unspecified atom stereocenters. The molecule has 0 amide bonds. The van der Waals surface area contributed by atoms with Gasteiger partial charge in [0.2, 0.25) is 0 Å². The Morgan fingerprint density at radius 2 is 2.30 bits per heavy atom. The van der Waals surface area contributed by atoms with Gasteiger partial charge >= 0.3 is 0 Å². The zero-order valence-electron chi connectivity index (χ0n) is 6.17. The van der Waals surface area contributed by atoms with Crippen LogP contribution in [0.3, 0.4) is 0 Å². The number of allylic oxidation sites excluding steroid dienone is 1. The van der Waals surface area contributed by atoms with Crippen molar-refractivity contribution in [3.63, 3.8) is 0 Å². The first kappa shape index (κ1) is 9.95. The highest BCUT2D eigenvalue weighted by Crippen LogP contribution is 1.96. The molecule has 1 N–H and O–H groups in total. The second-order valence-electron chi connectivity index (χ2n) is 2.18. The fourth-order valence-electron chi connectivity index (χ4n) is 0.668. The van der Waals surface area contributed by atoms with Crippen LogP contribution in [-0.4, -0.2) is 25.8 Å². The second-order valence-corrected chi connectivity index (χ2v) is 2.18. The number of ether oxygens (including phenoxy) is 1. The third kappa shape index (κ3) is 3.20. The minimum Gasteiger partial charge on any atom is -0.372 e. The van der Waals surface area contributed by atoms with Crippen molar-refractivity contribution in [2.45, 2.75) is 13.0 Å². The molecule has 60 valence electrons. The van der Waals surface area contributed by atoms with Crippen LogP contribution < -0.4 is 5.32 Å². The molecule has 0 aromatic rings. The second kappa shape index (κ2) is 5.71. The summed E-state index contributed by atoms with van der Waals surface area (Å²) in [6, 6.07) is 0. The van der Waals surface area contributed by atoms with Gasteiger partial charge in [-0.25, -0.2) is 0 Å². The molecule has 0 spiro atoms. The van der Waals surface area contributed by atoms with Crippen molar-refractivity contribution in [1.82, 2.24) is 5.32 Å². The van der Waals surface area contributed by atoms with E-state index in [1.54, 1.807) is 0 Å². The molecule has 3 heteroatoms. The lowest BCUT2D eigenvalue weighted by atomic mass is 10.2. The lowest BCUT2D eigenvalue weighted by Gasteiger charge is -2.26. The molecular weight excluding hydrogens is 150 g/mol. The van der Waals surface area contributed by atoms with Gasteiger partial charge < -0.3 is 10.1 Å². The third-order valence-electron chi connectivity index (χ3n) is 1.41. The van der Waals surface area contributed by atoms with Gasteiger partial charge in [0.15, 0.2) is 0 Å². The molecule has 0 radical (unpaired) electrons. The summed E-state index contributed by atoms with van der Waals surface area (Å²) in [4.78, 5) is 0. The Hall–Kier alpha value is -0.0500. The largest absolute Gasteiger partial charge is 0.372 e. The zero-order chi connectivity index (χ0) is 6.53. The Bertz CT molecular complexity index is 102. The van der Waals surface area contributed by atoms with Crippen LogP contribution >= 0.6 is 12.4 Å². The third-order valence-corrected chi connectivity index (χ3v) is 1.41. The summed E-state index contributed by atoms with van der Waals surface area (Å²) >= 11 is 0. The number of rotatable bonds is 3. The number of hydrogen-bond acceptors (Lipinski definition) is 2. The van der Waals surface area contributed by atoms with Crippen molar-refractivity contribution in [2.24, 2.45) is 0 Å². The molecule has 0 aromatic heterocycles. The molecule has 2 nitrogen and oxygen atoms in total. The van der Waals surface area contributed by atoms with Crippen molar-refractivity contribution in [2.75, 3.05) is 19.7 Å². The SMILES string of the molecule is C/C=C/COC1CNC1.Cl. The van der Waals surface area contributed by atoms with Crippen LogP contribution in [0.4, 0.5) is 0 Å². The van der Waals surface area contributed by atoms with Gasteiger partial charge in [-0.3, -0.25) is 0 Å². The summed E-state index contributed by atoms with van der Waals surface area (Å²) in [7, 11) is 0. The van der Waals surface area contributed by atoms with E-state index in [0.717, 1.165) is 19.7 Å². The topological polar surface area (TPSA) is 21.3 Å². The van der Waals surface area contributed by atoms with E-state index in [1.165, 1.54) is 0 Å². The molecule has 1 saturated heterocycles. The van der Waals surface area contributed by atoms with Gasteiger partial charge in [0.25, 0.3) is 0 Å². The lowest BCUT2D eigenvalue weighted by molar-refractivity contribution is 0.0364. The smallest absolute Gasteiger partial charge is 0.0827 e. The maximum Gasteiger partial charge on any atom is 0.0827 e. The summed E-state index contributed by atoms with van der Waals surface area (Å²) < 4.78 is 5.37. The van der Waals surface area contributed by atoms with Crippen LogP contribution in [0, 0.1) is 0 Å². The first-order chi connectivity index (χ1) is 4.43. The van der Waals surface area contributed by atoms with Crippen LogP contribution in [0.25, 0.3) is 0 Å². The molecule has 1 fully saturated rings. The van der Waals surface area contributed by atoms with Gasteiger partial charge in [0.05, 0.1) is 12.7 Å². The van der Waals surface area contributed by atoms with E-state index >= 15 is 0 Å². The number of halogens is 1. The van der Waals surface area contributed by atoms with E-state index in [1.807, 2.05) is 19.1 Å². The minimum atomic E-state index is 0. The van der Waals surface area contributed by atoms with Gasteiger partial charge in [-0.15, -0.1) is 12.4 Å². The maximum atomic E-state index is 5.37. The predicted octanol–water partition coefficient (Wildman–Crippen LogP) is 0.973. The minimum absolute atomic E-state index is 0. The van der Waals surface area contributed by atoms with Gasteiger partial charge in [0.1, 0.15) is 0 Å². The fraction of sp³-hybridized carbons (Fsp3) is 0.714. The molecule has 0 aromatic carbocycles. The molecule has 1 aliphatic rings. The normalized spacial score (nSPS) is 18.5. The van der Waals surface area contributed by atoms with E-state index < -0.39 is 0 Å². The average molecular weight is 164 g/mol. The van der Waals surface area contributed by atoms with Crippen molar-refractivity contribution in [1.29, 1.82) is 0 Å². The van der Waals surface area contributed by atoms with Crippen molar-refractivity contribution in [3.05, 3.63) is 12.2 Å². The molecule has 1 aliphatic heterocycles. The summed E-state index contributed by atoms with van der Waals surface area (Å²) in [6.45, 7) is 4.82. The Kier molecular flexibility index (Phi) is 5.69. The Labute approximate surface area is 68.0 Å². The zero-order valence-corrected chi connectivity index (χ0v) is 6.99. The first-order valence-electron chi connectivity index (χ1n) is 3.37. The quantitative estimate of drug-likeness (QED) is 0.627. The van der Waals surface area contributed by atoms with Gasteiger partial charge in [0, 0.05) is 13.1 Å². The van der Waals surface area contributed by atoms with Crippen LogP contribution in [-0.2, 0) is 4.74 Å². The van der Waals surface area contributed by atoms with Crippen LogP contribution in [0.1, 0.15) is 6.92 Å². The monoisotopic (exact) mass is 163 g/mol. The number of nitrogens with one attached hydrogen (secondary N) is 1. The van der Waals surface area contributed by atoms with E-state index in [9.17, 15) is 0 Å². The van der Waals surface area contributed by atoms with E-state index in [-0.39, 0.29) is 12.4 Å². The Morgan fingerprint density at radius 1 is 1.60 bits per heavy atom. The Balaban J connectivity index is 0.000000810. The van der Waals surface area contributed by atoms with E-state index in [4.69, 9.17) is 4.74 Å². The molecule has 0 atom stereocenters. The molecule has 1 rings (SSSR count).